The van der Waals surface area contributed by atoms with Gasteiger partial charge in [-0.15, -0.1) is 0 Å². The van der Waals surface area contributed by atoms with Crippen LogP contribution in [0.25, 0.3) is 0 Å². The highest BCUT2D eigenvalue weighted by atomic mass is 16.2. The van der Waals surface area contributed by atoms with Gasteiger partial charge < -0.3 is 5.11 Å². The molecule has 1 saturated heterocycles. The topological polar surface area (TPSA) is 23.5 Å². The van der Waals surface area contributed by atoms with Crippen LogP contribution >= 0.6 is 0 Å². The van der Waals surface area contributed by atoms with Gasteiger partial charge in [0, 0.05) is 30.6 Å². The highest BCUT2D eigenvalue weighted by molar-refractivity contribution is 5.36. The lowest BCUT2D eigenvalue weighted by Gasteiger charge is -2.27. The smallest absolute Gasteiger partial charge is 0.0540 e. The fraction of sp³-hybridized carbons (Fsp3) is 0.556. The molecule has 0 bridgehead atoms. The number of hydrogen-bond donors (Lipinski definition) is 1. The zero-order valence-electron chi connectivity index (χ0n) is 12.6. The van der Waals surface area contributed by atoms with Gasteiger partial charge in [0.1, 0.15) is 0 Å². The number of aliphatic hydroxyl groups is 1. The molecule has 1 fully saturated rings. The Morgan fingerprint density at radius 2 is 2.00 bits per heavy atom. The molecular formula is C18H25NO. The van der Waals surface area contributed by atoms with Gasteiger partial charge in [-0.1, -0.05) is 30.9 Å². The van der Waals surface area contributed by atoms with E-state index in [4.69, 9.17) is 5.11 Å². The zero-order chi connectivity index (χ0) is 14.4. The second kappa shape index (κ2) is 7.47. The van der Waals surface area contributed by atoms with E-state index in [-0.39, 0.29) is 6.61 Å². The van der Waals surface area contributed by atoms with Gasteiger partial charge >= 0.3 is 0 Å². The Bertz CT molecular complexity index is 468. The third-order valence-corrected chi connectivity index (χ3v) is 4.21. The van der Waals surface area contributed by atoms with Crippen LogP contribution in [0.15, 0.2) is 24.3 Å². The van der Waals surface area contributed by atoms with Gasteiger partial charge in [-0.25, -0.2) is 0 Å². The fourth-order valence-electron chi connectivity index (χ4n) is 2.97. The van der Waals surface area contributed by atoms with Crippen LogP contribution in [-0.4, -0.2) is 28.7 Å². The summed E-state index contributed by atoms with van der Waals surface area (Å²) >= 11 is 0. The van der Waals surface area contributed by atoms with Crippen LogP contribution in [0.3, 0.4) is 0 Å². The highest BCUT2D eigenvalue weighted by Crippen LogP contribution is 2.27. The quantitative estimate of drug-likeness (QED) is 0.850. The van der Waals surface area contributed by atoms with E-state index in [1.165, 1.54) is 24.8 Å². The first-order valence-corrected chi connectivity index (χ1v) is 7.69. The third-order valence-electron chi connectivity index (χ3n) is 4.21. The van der Waals surface area contributed by atoms with Gasteiger partial charge in [-0.05, 0) is 43.9 Å². The molecule has 2 unspecified atom stereocenters. The van der Waals surface area contributed by atoms with Crippen molar-refractivity contribution < 1.29 is 5.11 Å². The number of nitrogens with zero attached hydrogens (tertiary/aromatic N) is 1. The zero-order valence-corrected chi connectivity index (χ0v) is 12.6. The van der Waals surface area contributed by atoms with E-state index in [0.29, 0.717) is 12.5 Å². The van der Waals surface area contributed by atoms with E-state index >= 15 is 0 Å². The molecule has 1 aromatic rings. The Morgan fingerprint density at radius 1 is 1.25 bits per heavy atom. The van der Waals surface area contributed by atoms with Crippen molar-refractivity contribution in [3.05, 3.63) is 35.4 Å². The molecule has 0 aliphatic carbocycles. The average molecular weight is 271 g/mol. The van der Waals surface area contributed by atoms with E-state index in [2.05, 4.69) is 54.9 Å². The summed E-state index contributed by atoms with van der Waals surface area (Å²) < 4.78 is 0. The molecular weight excluding hydrogens is 246 g/mol. The molecule has 1 N–H and O–H groups in total. The Kier molecular flexibility index (Phi) is 5.64. The maximum absolute atomic E-state index is 8.71. The minimum Gasteiger partial charge on any atom is -0.395 e. The highest BCUT2D eigenvalue weighted by Gasteiger charge is 2.28. The molecule has 1 heterocycles. The molecule has 1 aliphatic rings. The second-order valence-corrected chi connectivity index (χ2v) is 5.63. The summed E-state index contributed by atoms with van der Waals surface area (Å²) in [6, 6.07) is 9.97. The molecule has 0 radical (unpaired) electrons. The average Bonchev–Trinajstić information content (AvgIpc) is 2.82. The van der Waals surface area contributed by atoms with Crippen molar-refractivity contribution in [2.45, 2.75) is 58.2 Å². The number of aliphatic hydroxyl groups excluding tert-OH is 1. The molecule has 0 spiro atoms. The lowest BCUT2D eigenvalue weighted by atomic mass is 10.1. The van der Waals surface area contributed by atoms with E-state index in [1.54, 1.807) is 0 Å². The Hall–Kier alpha value is -1.30. The summed E-state index contributed by atoms with van der Waals surface area (Å²) in [6.07, 6.45) is 4.45. The summed E-state index contributed by atoms with van der Waals surface area (Å²) in [5, 5.41) is 8.71. The second-order valence-electron chi connectivity index (χ2n) is 5.63. The molecule has 108 valence electrons. The lowest BCUT2D eigenvalue weighted by Crippen LogP contribution is -2.33. The van der Waals surface area contributed by atoms with E-state index in [0.717, 1.165) is 18.2 Å². The molecule has 2 nitrogen and oxygen atoms in total. The fourth-order valence-corrected chi connectivity index (χ4v) is 2.97. The molecule has 0 amide bonds. The first-order chi connectivity index (χ1) is 9.74. The van der Waals surface area contributed by atoms with Crippen molar-refractivity contribution in [1.82, 2.24) is 4.90 Å². The van der Waals surface area contributed by atoms with Crippen molar-refractivity contribution in [3.8, 4) is 11.8 Å². The monoisotopic (exact) mass is 271 g/mol. The molecule has 0 saturated carbocycles. The standard InChI is InChI=1S/C18H25NO/c1-3-18-12-7-15(2)19(18)14-17-10-8-16(9-11-17)6-4-5-13-20/h8-11,15,18,20H,3,5,7,12-14H2,1-2H3. The molecule has 1 aromatic carbocycles. The Morgan fingerprint density at radius 3 is 2.65 bits per heavy atom. The van der Waals surface area contributed by atoms with Gasteiger partial charge in [0.25, 0.3) is 0 Å². The molecule has 0 aromatic heterocycles. The first-order valence-electron chi connectivity index (χ1n) is 7.69. The van der Waals surface area contributed by atoms with E-state index in [1.807, 2.05) is 0 Å². The SMILES string of the molecule is CCC1CCC(C)N1Cc1ccc(C#CCCO)cc1. The lowest BCUT2D eigenvalue weighted by molar-refractivity contribution is 0.189. The molecule has 2 rings (SSSR count). The summed E-state index contributed by atoms with van der Waals surface area (Å²) in [6.45, 7) is 5.81. The summed E-state index contributed by atoms with van der Waals surface area (Å²) in [5.41, 5.74) is 2.40. The number of likely N-dealkylation sites (tertiary alicyclic amines) is 1. The molecule has 2 heteroatoms. The maximum Gasteiger partial charge on any atom is 0.0540 e. The Balaban J connectivity index is 1.98. The van der Waals surface area contributed by atoms with Crippen molar-refractivity contribution >= 4 is 0 Å². The third kappa shape index (κ3) is 3.85. The number of rotatable bonds is 4. The van der Waals surface area contributed by atoms with Crippen LogP contribution < -0.4 is 0 Å². The number of hydrogen-bond acceptors (Lipinski definition) is 2. The maximum atomic E-state index is 8.71. The van der Waals surface area contributed by atoms with Crippen molar-refractivity contribution in [2.75, 3.05) is 6.61 Å². The van der Waals surface area contributed by atoms with Gasteiger partial charge in [0.2, 0.25) is 0 Å². The van der Waals surface area contributed by atoms with Crippen LogP contribution in [0.4, 0.5) is 0 Å². The first kappa shape index (κ1) is 15.1. The minimum atomic E-state index is 0.135. The van der Waals surface area contributed by atoms with Crippen LogP contribution in [0.5, 0.6) is 0 Å². The molecule has 2 atom stereocenters. The van der Waals surface area contributed by atoms with Gasteiger partial charge in [-0.2, -0.15) is 0 Å². The predicted molar refractivity (Wildman–Crippen MR) is 83.3 cm³/mol. The van der Waals surface area contributed by atoms with Gasteiger partial charge in [0.05, 0.1) is 6.61 Å². The molecule has 20 heavy (non-hydrogen) atoms. The largest absolute Gasteiger partial charge is 0.395 e. The normalized spacial score (nSPS) is 22.6. The molecule has 1 aliphatic heterocycles. The predicted octanol–water partition coefficient (Wildman–Crippen LogP) is 3.18. The van der Waals surface area contributed by atoms with Crippen molar-refractivity contribution in [2.24, 2.45) is 0 Å². The van der Waals surface area contributed by atoms with Crippen LogP contribution in [0.2, 0.25) is 0 Å². The van der Waals surface area contributed by atoms with Crippen molar-refractivity contribution in [1.29, 1.82) is 0 Å². The van der Waals surface area contributed by atoms with Crippen LogP contribution in [-0.2, 0) is 6.54 Å². The minimum absolute atomic E-state index is 0.135. The number of benzene rings is 1. The van der Waals surface area contributed by atoms with Crippen molar-refractivity contribution in [3.63, 3.8) is 0 Å². The van der Waals surface area contributed by atoms with Gasteiger partial charge in [-0.3, -0.25) is 4.90 Å². The Labute approximate surface area is 122 Å². The van der Waals surface area contributed by atoms with E-state index < -0.39 is 0 Å². The van der Waals surface area contributed by atoms with Gasteiger partial charge in [0.15, 0.2) is 0 Å². The summed E-state index contributed by atoms with van der Waals surface area (Å²) in [7, 11) is 0. The summed E-state index contributed by atoms with van der Waals surface area (Å²) in [5.74, 6) is 6.03. The summed E-state index contributed by atoms with van der Waals surface area (Å²) in [4.78, 5) is 2.63. The van der Waals surface area contributed by atoms with Crippen LogP contribution in [0, 0.1) is 11.8 Å². The van der Waals surface area contributed by atoms with Crippen LogP contribution in [0.1, 0.15) is 50.7 Å². The van der Waals surface area contributed by atoms with E-state index in [9.17, 15) is 0 Å².